The van der Waals surface area contributed by atoms with Gasteiger partial charge in [-0.25, -0.2) is 17.6 Å². The number of halogens is 2. The third-order valence-electron chi connectivity index (χ3n) is 3.62. The van der Waals surface area contributed by atoms with Crippen LogP contribution in [-0.2, 0) is 25.9 Å². The first-order valence-electron chi connectivity index (χ1n) is 7.80. The molecule has 0 radical (unpaired) electrons. The lowest BCUT2D eigenvalue weighted by Crippen LogP contribution is -2.35. The lowest BCUT2D eigenvalue weighted by atomic mass is 10.2. The molecule has 0 spiro atoms. The van der Waals surface area contributed by atoms with Crippen LogP contribution in [0.5, 0.6) is 0 Å². The fourth-order valence-corrected chi connectivity index (χ4v) is 2.95. The molecule has 2 aromatic rings. The van der Waals surface area contributed by atoms with Gasteiger partial charge in [0, 0.05) is 12.8 Å². The molecule has 0 bridgehead atoms. The Hall–Kier alpha value is -2.45. The smallest absolute Gasteiger partial charge is 0.340 e. The van der Waals surface area contributed by atoms with Crippen LogP contribution >= 0.6 is 11.6 Å². The van der Waals surface area contributed by atoms with Crippen LogP contribution in [0.1, 0.15) is 22.8 Å². The van der Waals surface area contributed by atoms with E-state index >= 15 is 0 Å². The molecular weight excluding hydrogens is 397 g/mol. The van der Waals surface area contributed by atoms with Crippen molar-refractivity contribution in [2.75, 3.05) is 6.26 Å². The SMILES string of the molecule is C[C@@H](OC(=O)c1cc(S(C)(=O)=O)ccc1Cl)C(=O)NCc1ccc(F)cc1. The number of rotatable bonds is 6. The molecule has 1 N–H and O–H groups in total. The van der Waals surface area contributed by atoms with E-state index < -0.39 is 27.8 Å². The van der Waals surface area contributed by atoms with Gasteiger partial charge < -0.3 is 10.1 Å². The predicted molar refractivity (Wildman–Crippen MR) is 97.7 cm³/mol. The minimum absolute atomic E-state index is 0.00585. The molecule has 9 heteroatoms. The molecular formula is C18H17ClFNO5S. The summed E-state index contributed by atoms with van der Waals surface area (Å²) in [4.78, 5) is 24.2. The summed E-state index contributed by atoms with van der Waals surface area (Å²) in [7, 11) is -3.54. The van der Waals surface area contributed by atoms with Crippen molar-refractivity contribution >= 4 is 33.3 Å². The fraction of sp³-hybridized carbons (Fsp3) is 0.222. The van der Waals surface area contributed by atoms with Gasteiger partial charge in [-0.1, -0.05) is 23.7 Å². The summed E-state index contributed by atoms with van der Waals surface area (Å²) in [5, 5.41) is 2.56. The first-order valence-corrected chi connectivity index (χ1v) is 10.1. The van der Waals surface area contributed by atoms with E-state index in [1.807, 2.05) is 0 Å². The number of sulfone groups is 1. The second-order valence-electron chi connectivity index (χ2n) is 5.81. The third kappa shape index (κ3) is 5.77. The monoisotopic (exact) mass is 413 g/mol. The Labute approximate surface area is 161 Å². The molecule has 0 aromatic heterocycles. The molecule has 1 atom stereocenters. The minimum Gasteiger partial charge on any atom is -0.449 e. The summed E-state index contributed by atoms with van der Waals surface area (Å²) in [6.07, 6.45) is -0.146. The number of amides is 1. The van der Waals surface area contributed by atoms with E-state index in [4.69, 9.17) is 16.3 Å². The zero-order valence-electron chi connectivity index (χ0n) is 14.5. The van der Waals surface area contributed by atoms with Crippen LogP contribution in [-0.4, -0.2) is 32.7 Å². The van der Waals surface area contributed by atoms with Crippen LogP contribution < -0.4 is 5.32 Å². The maximum Gasteiger partial charge on any atom is 0.340 e. The molecule has 1 amide bonds. The number of ether oxygens (including phenoxy) is 1. The average molecular weight is 414 g/mol. The number of nitrogens with one attached hydrogen (secondary N) is 1. The van der Waals surface area contributed by atoms with Gasteiger partial charge in [-0.05, 0) is 42.8 Å². The van der Waals surface area contributed by atoms with Gasteiger partial charge >= 0.3 is 5.97 Å². The van der Waals surface area contributed by atoms with Crippen molar-refractivity contribution in [3.05, 3.63) is 64.4 Å². The number of carbonyl (C=O) groups is 2. The molecule has 144 valence electrons. The number of benzene rings is 2. The predicted octanol–water partition coefficient (Wildman–Crippen LogP) is 2.74. The van der Waals surface area contributed by atoms with Gasteiger partial charge in [0.1, 0.15) is 5.82 Å². The van der Waals surface area contributed by atoms with Gasteiger partial charge in [0.2, 0.25) is 0 Å². The van der Waals surface area contributed by atoms with Crippen LogP contribution in [0.3, 0.4) is 0 Å². The van der Waals surface area contributed by atoms with Gasteiger partial charge in [-0.3, -0.25) is 4.79 Å². The summed E-state index contributed by atoms with van der Waals surface area (Å²) < 4.78 is 41.1. The van der Waals surface area contributed by atoms with Crippen molar-refractivity contribution in [2.45, 2.75) is 24.5 Å². The molecule has 0 saturated carbocycles. The maximum atomic E-state index is 12.9. The van der Waals surface area contributed by atoms with Crippen molar-refractivity contribution < 1.29 is 27.1 Å². The molecule has 27 heavy (non-hydrogen) atoms. The Balaban J connectivity index is 2.02. The number of carbonyl (C=O) groups excluding carboxylic acids is 2. The summed E-state index contributed by atoms with van der Waals surface area (Å²) >= 11 is 5.93. The number of hydrogen-bond donors (Lipinski definition) is 1. The highest BCUT2D eigenvalue weighted by Crippen LogP contribution is 2.22. The van der Waals surface area contributed by atoms with E-state index in [0.29, 0.717) is 5.56 Å². The summed E-state index contributed by atoms with van der Waals surface area (Å²) in [6, 6.07) is 9.21. The first kappa shape index (κ1) is 20.9. The zero-order valence-corrected chi connectivity index (χ0v) is 16.1. The molecule has 2 aromatic carbocycles. The lowest BCUT2D eigenvalue weighted by molar-refractivity contribution is -0.129. The van der Waals surface area contributed by atoms with Gasteiger partial charge in [-0.2, -0.15) is 0 Å². The zero-order chi connectivity index (χ0) is 20.2. The van der Waals surface area contributed by atoms with E-state index in [2.05, 4.69) is 5.32 Å². The first-order chi connectivity index (χ1) is 12.6. The highest BCUT2D eigenvalue weighted by molar-refractivity contribution is 7.90. The summed E-state index contributed by atoms with van der Waals surface area (Å²) in [5.41, 5.74) is 0.518. The summed E-state index contributed by atoms with van der Waals surface area (Å²) in [5.74, 6) is -1.88. The quantitative estimate of drug-likeness (QED) is 0.735. The largest absolute Gasteiger partial charge is 0.449 e. The van der Waals surface area contributed by atoms with Crippen LogP contribution in [0, 0.1) is 5.82 Å². The van der Waals surface area contributed by atoms with Crippen LogP contribution in [0.4, 0.5) is 4.39 Å². The molecule has 0 unspecified atom stereocenters. The standard InChI is InChI=1S/C18H17ClFNO5S/c1-11(17(22)21-10-12-3-5-13(20)6-4-12)26-18(23)15-9-14(27(2,24)25)7-8-16(15)19/h3-9,11H,10H2,1-2H3,(H,21,22)/t11-/m1/s1. The van der Waals surface area contributed by atoms with Crippen LogP contribution in [0.15, 0.2) is 47.4 Å². The molecule has 0 aliphatic carbocycles. The van der Waals surface area contributed by atoms with Crippen LogP contribution in [0.2, 0.25) is 5.02 Å². The Morgan fingerprint density at radius 1 is 1.19 bits per heavy atom. The summed E-state index contributed by atoms with van der Waals surface area (Å²) in [6.45, 7) is 1.50. The van der Waals surface area contributed by atoms with E-state index in [0.717, 1.165) is 12.3 Å². The number of hydrogen-bond acceptors (Lipinski definition) is 5. The second-order valence-corrected chi connectivity index (χ2v) is 8.23. The fourth-order valence-electron chi connectivity index (χ4n) is 2.10. The van der Waals surface area contributed by atoms with Gasteiger partial charge in [0.15, 0.2) is 15.9 Å². The van der Waals surface area contributed by atoms with E-state index in [1.165, 1.54) is 43.3 Å². The van der Waals surface area contributed by atoms with Crippen molar-refractivity contribution in [3.8, 4) is 0 Å². The van der Waals surface area contributed by atoms with Crippen molar-refractivity contribution in [1.29, 1.82) is 0 Å². The number of esters is 1. The highest BCUT2D eigenvalue weighted by atomic mass is 35.5. The lowest BCUT2D eigenvalue weighted by Gasteiger charge is -2.14. The topological polar surface area (TPSA) is 89.5 Å². The molecule has 0 aliphatic heterocycles. The highest BCUT2D eigenvalue weighted by Gasteiger charge is 2.22. The minimum atomic E-state index is -3.54. The van der Waals surface area contributed by atoms with E-state index in [1.54, 1.807) is 0 Å². The maximum absolute atomic E-state index is 12.9. The molecule has 0 saturated heterocycles. The van der Waals surface area contributed by atoms with Crippen molar-refractivity contribution in [1.82, 2.24) is 5.32 Å². The Kier molecular flexibility index (Phi) is 6.56. The van der Waals surface area contributed by atoms with Gasteiger partial charge in [0.05, 0.1) is 15.5 Å². The van der Waals surface area contributed by atoms with E-state index in [9.17, 15) is 22.4 Å². The molecule has 6 nitrogen and oxygen atoms in total. The van der Waals surface area contributed by atoms with Crippen molar-refractivity contribution in [3.63, 3.8) is 0 Å². The second kappa shape index (κ2) is 8.49. The molecule has 0 fully saturated rings. The molecule has 0 aliphatic rings. The van der Waals surface area contributed by atoms with Gasteiger partial charge in [0.25, 0.3) is 5.91 Å². The third-order valence-corrected chi connectivity index (χ3v) is 5.06. The van der Waals surface area contributed by atoms with Gasteiger partial charge in [-0.15, -0.1) is 0 Å². The Morgan fingerprint density at radius 2 is 1.81 bits per heavy atom. The van der Waals surface area contributed by atoms with Crippen molar-refractivity contribution in [2.24, 2.45) is 0 Å². The molecule has 2 rings (SSSR count). The average Bonchev–Trinajstić information content (AvgIpc) is 2.60. The molecule has 0 heterocycles. The Bertz CT molecular complexity index is 960. The Morgan fingerprint density at radius 3 is 2.41 bits per heavy atom. The van der Waals surface area contributed by atoms with Crippen LogP contribution in [0.25, 0.3) is 0 Å². The van der Waals surface area contributed by atoms with E-state index in [-0.39, 0.29) is 27.8 Å². The normalized spacial score (nSPS) is 12.3.